The Morgan fingerprint density at radius 1 is 1.27 bits per heavy atom. The van der Waals surface area contributed by atoms with E-state index < -0.39 is 0 Å². The summed E-state index contributed by atoms with van der Waals surface area (Å²) in [5, 5.41) is 8.94. The Labute approximate surface area is 63.6 Å². The fourth-order valence-electron chi connectivity index (χ4n) is 0.588. The van der Waals surface area contributed by atoms with Crippen LogP contribution in [0.1, 0.15) is 0 Å². The van der Waals surface area contributed by atoms with Gasteiger partial charge in [-0.15, -0.1) is 0 Å². The molecule has 5 heteroatoms. The number of hydrogen-bond acceptors (Lipinski definition) is 5. The summed E-state index contributed by atoms with van der Waals surface area (Å²) in [5.41, 5.74) is 0. The molecule has 0 amide bonds. The average molecular weight is 156 g/mol. The first-order valence-electron chi connectivity index (χ1n) is 2.92. The van der Waals surface area contributed by atoms with Crippen molar-refractivity contribution in [3.63, 3.8) is 0 Å². The van der Waals surface area contributed by atoms with Crippen molar-refractivity contribution in [2.24, 2.45) is 0 Å². The summed E-state index contributed by atoms with van der Waals surface area (Å²) >= 11 is 0. The molecule has 1 heterocycles. The first kappa shape index (κ1) is 7.59. The third-order valence-electron chi connectivity index (χ3n) is 1.06. The van der Waals surface area contributed by atoms with Crippen molar-refractivity contribution in [3.8, 4) is 17.8 Å². The number of methoxy groups -OCH3 is 2. The van der Waals surface area contributed by atoms with E-state index in [0.29, 0.717) is 0 Å². The van der Waals surface area contributed by atoms with Crippen LogP contribution in [0.5, 0.6) is 17.8 Å². The third-order valence-corrected chi connectivity index (χ3v) is 1.06. The molecule has 1 aromatic rings. The van der Waals surface area contributed by atoms with Gasteiger partial charge in [0.05, 0.1) is 20.3 Å². The van der Waals surface area contributed by atoms with Crippen LogP contribution in [-0.4, -0.2) is 29.3 Å². The van der Waals surface area contributed by atoms with Crippen LogP contribution < -0.4 is 9.47 Å². The predicted octanol–water partition coefficient (Wildman–Crippen LogP) is 0.199. The lowest BCUT2D eigenvalue weighted by Gasteiger charge is -2.00. The average Bonchev–Trinajstić information content (AvgIpc) is 2.03. The molecule has 0 saturated heterocycles. The van der Waals surface area contributed by atoms with Crippen molar-refractivity contribution in [1.82, 2.24) is 9.97 Å². The molecule has 0 aromatic carbocycles. The minimum atomic E-state index is -0.172. The zero-order chi connectivity index (χ0) is 8.27. The highest BCUT2D eigenvalue weighted by Crippen LogP contribution is 2.16. The summed E-state index contributed by atoms with van der Waals surface area (Å²) in [7, 11) is 2.86. The Kier molecular flexibility index (Phi) is 2.10. The molecule has 1 N–H and O–H groups in total. The van der Waals surface area contributed by atoms with Gasteiger partial charge in [-0.3, -0.25) is 0 Å². The molecule has 1 rings (SSSR count). The quantitative estimate of drug-likeness (QED) is 0.662. The van der Waals surface area contributed by atoms with Gasteiger partial charge in [-0.2, -0.15) is 9.97 Å². The second-order valence-corrected chi connectivity index (χ2v) is 1.76. The smallest absolute Gasteiger partial charge is 0.322 e. The zero-order valence-corrected chi connectivity index (χ0v) is 6.24. The number of rotatable bonds is 2. The molecule has 1 aromatic heterocycles. The third kappa shape index (κ3) is 1.70. The lowest BCUT2D eigenvalue weighted by atomic mass is 10.6. The van der Waals surface area contributed by atoms with Crippen LogP contribution in [0.25, 0.3) is 0 Å². The van der Waals surface area contributed by atoms with Gasteiger partial charge in [-0.1, -0.05) is 0 Å². The Hall–Kier alpha value is -1.52. The summed E-state index contributed by atoms with van der Waals surface area (Å²) in [6.07, 6.45) is 0. The Morgan fingerprint density at radius 2 is 2.00 bits per heavy atom. The van der Waals surface area contributed by atoms with Gasteiger partial charge in [0.15, 0.2) is 0 Å². The zero-order valence-electron chi connectivity index (χ0n) is 6.24. The number of nitrogens with zero attached hydrogens (tertiary/aromatic N) is 2. The van der Waals surface area contributed by atoms with Crippen LogP contribution >= 0.6 is 0 Å². The molecule has 0 spiro atoms. The molecule has 11 heavy (non-hydrogen) atoms. The SMILES string of the molecule is COc1cc(O)nc(OC)n1. The van der Waals surface area contributed by atoms with Crippen molar-refractivity contribution in [2.45, 2.75) is 0 Å². The Morgan fingerprint density at radius 3 is 2.55 bits per heavy atom. The first-order valence-corrected chi connectivity index (χ1v) is 2.92. The van der Waals surface area contributed by atoms with E-state index in [1.165, 1.54) is 20.3 Å². The van der Waals surface area contributed by atoms with E-state index in [-0.39, 0.29) is 17.8 Å². The van der Waals surface area contributed by atoms with Gasteiger partial charge in [0.2, 0.25) is 11.8 Å². The highest BCUT2D eigenvalue weighted by Gasteiger charge is 2.01. The predicted molar refractivity (Wildman–Crippen MR) is 36.8 cm³/mol. The number of aromatic nitrogens is 2. The van der Waals surface area contributed by atoms with Gasteiger partial charge in [0.1, 0.15) is 0 Å². The maximum atomic E-state index is 8.94. The molecule has 0 radical (unpaired) electrons. The minimum absolute atomic E-state index is 0.0850. The molecule has 0 aliphatic heterocycles. The Balaban J connectivity index is 3.02. The summed E-state index contributed by atoms with van der Waals surface area (Å²) < 4.78 is 9.42. The molecule has 60 valence electrons. The molecule has 0 bridgehead atoms. The van der Waals surface area contributed by atoms with Gasteiger partial charge < -0.3 is 14.6 Å². The highest BCUT2D eigenvalue weighted by molar-refractivity contribution is 5.21. The monoisotopic (exact) mass is 156 g/mol. The summed E-state index contributed by atoms with van der Waals surface area (Å²) in [5.74, 6) is 0.100. The van der Waals surface area contributed by atoms with Crippen LogP contribution in [0.2, 0.25) is 0 Å². The van der Waals surface area contributed by atoms with Crippen LogP contribution in [0.4, 0.5) is 0 Å². The van der Waals surface area contributed by atoms with Gasteiger partial charge in [0, 0.05) is 0 Å². The minimum Gasteiger partial charge on any atom is -0.493 e. The van der Waals surface area contributed by atoms with Gasteiger partial charge in [-0.25, -0.2) is 0 Å². The van der Waals surface area contributed by atoms with E-state index in [1.54, 1.807) is 0 Å². The van der Waals surface area contributed by atoms with Crippen molar-refractivity contribution in [2.75, 3.05) is 14.2 Å². The molecule has 0 saturated carbocycles. The van der Waals surface area contributed by atoms with Crippen molar-refractivity contribution in [3.05, 3.63) is 6.07 Å². The van der Waals surface area contributed by atoms with Crippen LogP contribution in [0.3, 0.4) is 0 Å². The fourth-order valence-corrected chi connectivity index (χ4v) is 0.588. The van der Waals surface area contributed by atoms with E-state index in [9.17, 15) is 0 Å². The van der Waals surface area contributed by atoms with E-state index in [0.717, 1.165) is 0 Å². The van der Waals surface area contributed by atoms with Crippen LogP contribution in [0.15, 0.2) is 6.07 Å². The fraction of sp³-hybridized carbons (Fsp3) is 0.333. The van der Waals surface area contributed by atoms with Crippen LogP contribution in [-0.2, 0) is 0 Å². The second kappa shape index (κ2) is 3.05. The van der Waals surface area contributed by atoms with Gasteiger partial charge in [0.25, 0.3) is 0 Å². The normalized spacial score (nSPS) is 9.27. The molecule has 5 nitrogen and oxygen atoms in total. The topological polar surface area (TPSA) is 64.5 Å². The molecular weight excluding hydrogens is 148 g/mol. The number of aromatic hydroxyl groups is 1. The van der Waals surface area contributed by atoms with Crippen molar-refractivity contribution in [1.29, 1.82) is 0 Å². The molecule has 0 unspecified atom stereocenters. The number of ether oxygens (including phenoxy) is 2. The van der Waals surface area contributed by atoms with Crippen molar-refractivity contribution < 1.29 is 14.6 Å². The van der Waals surface area contributed by atoms with E-state index in [4.69, 9.17) is 9.84 Å². The molecule has 0 fully saturated rings. The van der Waals surface area contributed by atoms with Gasteiger partial charge in [-0.05, 0) is 0 Å². The lowest BCUT2D eigenvalue weighted by Crippen LogP contribution is -1.94. The van der Waals surface area contributed by atoms with E-state index in [2.05, 4.69) is 14.7 Å². The molecular formula is C6H8N2O3. The highest BCUT2D eigenvalue weighted by atomic mass is 16.5. The summed E-state index contributed by atoms with van der Waals surface area (Å²) in [6, 6.07) is 1.38. The molecule has 0 aliphatic rings. The number of hydrogen-bond donors (Lipinski definition) is 1. The van der Waals surface area contributed by atoms with E-state index >= 15 is 0 Å². The van der Waals surface area contributed by atoms with E-state index in [1.807, 2.05) is 0 Å². The first-order chi connectivity index (χ1) is 5.26. The summed E-state index contributed by atoms with van der Waals surface area (Å²) in [6.45, 7) is 0. The Bertz CT molecular complexity index is 229. The van der Waals surface area contributed by atoms with Gasteiger partial charge >= 0.3 is 6.01 Å². The maximum absolute atomic E-state index is 8.94. The molecule has 0 atom stereocenters. The molecule has 0 aliphatic carbocycles. The second-order valence-electron chi connectivity index (χ2n) is 1.76. The summed E-state index contributed by atoms with van der Waals surface area (Å²) in [4.78, 5) is 7.30. The van der Waals surface area contributed by atoms with Crippen LogP contribution in [0, 0.1) is 0 Å². The lowest BCUT2D eigenvalue weighted by molar-refractivity contribution is 0.337. The maximum Gasteiger partial charge on any atom is 0.322 e. The largest absolute Gasteiger partial charge is 0.493 e. The standard InChI is InChI=1S/C6H8N2O3/c1-10-5-3-4(9)7-6(8-5)11-2/h3H,1-2H3,(H,7,8,9). The van der Waals surface area contributed by atoms with Crippen molar-refractivity contribution >= 4 is 0 Å².